The van der Waals surface area contributed by atoms with Crippen LogP contribution in [0.3, 0.4) is 0 Å². The summed E-state index contributed by atoms with van der Waals surface area (Å²) in [5.41, 5.74) is 2.58. The zero-order valence-corrected chi connectivity index (χ0v) is 15.9. The van der Waals surface area contributed by atoms with Crippen molar-refractivity contribution in [3.05, 3.63) is 92.7 Å². The van der Waals surface area contributed by atoms with E-state index in [-0.39, 0.29) is 5.02 Å². The number of rotatable bonds is 6. The molecule has 0 saturated heterocycles. The van der Waals surface area contributed by atoms with E-state index in [1.807, 2.05) is 42.5 Å². The standard InChI is InChI=1S/C20H15Cl3FNO/c21-16-4-2-1-3-14(16)12-26-20-8-5-13(9-18(20)23)11-25-15-6-7-19(24)17(22)10-15/h1-10,25H,11-12H2. The van der Waals surface area contributed by atoms with Crippen molar-refractivity contribution in [2.75, 3.05) is 5.32 Å². The average Bonchev–Trinajstić information content (AvgIpc) is 2.63. The second-order valence-corrected chi connectivity index (χ2v) is 6.85. The number of halogens is 4. The van der Waals surface area contributed by atoms with Crippen LogP contribution in [0, 0.1) is 5.82 Å². The van der Waals surface area contributed by atoms with Gasteiger partial charge in [0.1, 0.15) is 18.2 Å². The summed E-state index contributed by atoms with van der Waals surface area (Å²) in [6.07, 6.45) is 0. The SMILES string of the molecule is Fc1ccc(NCc2ccc(OCc3ccccc3Cl)c(Cl)c2)cc1Cl. The fourth-order valence-electron chi connectivity index (χ4n) is 2.35. The summed E-state index contributed by atoms with van der Waals surface area (Å²) >= 11 is 18.2. The van der Waals surface area contributed by atoms with E-state index in [9.17, 15) is 4.39 Å². The van der Waals surface area contributed by atoms with Gasteiger partial charge in [0.05, 0.1) is 10.0 Å². The lowest BCUT2D eigenvalue weighted by molar-refractivity contribution is 0.306. The first kappa shape index (κ1) is 18.8. The van der Waals surface area contributed by atoms with Crippen LogP contribution in [-0.2, 0) is 13.2 Å². The Balaban J connectivity index is 1.61. The molecule has 3 rings (SSSR count). The van der Waals surface area contributed by atoms with E-state index in [0.29, 0.717) is 28.9 Å². The van der Waals surface area contributed by atoms with Crippen LogP contribution in [0.1, 0.15) is 11.1 Å². The molecule has 2 nitrogen and oxygen atoms in total. The molecule has 0 bridgehead atoms. The number of ether oxygens (including phenoxy) is 1. The van der Waals surface area contributed by atoms with Crippen LogP contribution < -0.4 is 10.1 Å². The molecular formula is C20H15Cl3FNO. The highest BCUT2D eigenvalue weighted by molar-refractivity contribution is 6.32. The van der Waals surface area contributed by atoms with Crippen molar-refractivity contribution < 1.29 is 9.13 Å². The normalized spacial score (nSPS) is 10.6. The molecule has 0 atom stereocenters. The summed E-state index contributed by atoms with van der Waals surface area (Å²) in [6, 6.07) is 17.5. The molecule has 1 N–H and O–H groups in total. The molecule has 0 saturated carbocycles. The monoisotopic (exact) mass is 409 g/mol. The van der Waals surface area contributed by atoms with Gasteiger partial charge in [-0.05, 0) is 42.0 Å². The van der Waals surface area contributed by atoms with Crippen molar-refractivity contribution in [3.8, 4) is 5.75 Å². The predicted molar refractivity (Wildman–Crippen MR) is 106 cm³/mol. The zero-order chi connectivity index (χ0) is 18.5. The maximum atomic E-state index is 13.2. The van der Waals surface area contributed by atoms with Crippen LogP contribution in [0.15, 0.2) is 60.7 Å². The molecule has 26 heavy (non-hydrogen) atoms. The fourth-order valence-corrected chi connectivity index (χ4v) is 2.98. The second-order valence-electron chi connectivity index (χ2n) is 5.63. The molecular weight excluding hydrogens is 396 g/mol. The molecule has 0 heterocycles. The summed E-state index contributed by atoms with van der Waals surface area (Å²) in [5.74, 6) is 0.139. The molecule has 0 aliphatic heterocycles. The van der Waals surface area contributed by atoms with Gasteiger partial charge in [0.15, 0.2) is 0 Å². The molecule has 0 amide bonds. The third-order valence-corrected chi connectivity index (χ3v) is 4.71. The van der Waals surface area contributed by atoms with Gasteiger partial charge in [-0.2, -0.15) is 0 Å². The van der Waals surface area contributed by atoms with Crippen molar-refractivity contribution >= 4 is 40.5 Å². The van der Waals surface area contributed by atoms with Gasteiger partial charge < -0.3 is 10.1 Å². The molecule has 0 unspecified atom stereocenters. The topological polar surface area (TPSA) is 21.3 Å². The van der Waals surface area contributed by atoms with E-state index in [1.165, 1.54) is 6.07 Å². The van der Waals surface area contributed by atoms with E-state index >= 15 is 0 Å². The van der Waals surface area contributed by atoms with E-state index < -0.39 is 5.82 Å². The van der Waals surface area contributed by atoms with Crippen molar-refractivity contribution in [2.24, 2.45) is 0 Å². The Hall–Kier alpha value is -1.94. The number of anilines is 1. The summed E-state index contributed by atoms with van der Waals surface area (Å²) in [5, 5.41) is 4.42. The van der Waals surface area contributed by atoms with Gasteiger partial charge in [0.25, 0.3) is 0 Å². The lowest BCUT2D eigenvalue weighted by Crippen LogP contribution is -2.01. The maximum absolute atomic E-state index is 13.2. The van der Waals surface area contributed by atoms with Crippen LogP contribution in [0.25, 0.3) is 0 Å². The Morgan fingerprint density at radius 3 is 2.38 bits per heavy atom. The molecule has 0 fully saturated rings. The van der Waals surface area contributed by atoms with E-state index in [4.69, 9.17) is 39.5 Å². The minimum Gasteiger partial charge on any atom is -0.487 e. The van der Waals surface area contributed by atoms with E-state index in [0.717, 1.165) is 16.8 Å². The molecule has 0 aliphatic carbocycles. The average molecular weight is 411 g/mol. The van der Waals surface area contributed by atoms with Crippen LogP contribution in [-0.4, -0.2) is 0 Å². The van der Waals surface area contributed by atoms with E-state index in [1.54, 1.807) is 12.1 Å². The van der Waals surface area contributed by atoms with Gasteiger partial charge in [-0.15, -0.1) is 0 Å². The molecule has 134 valence electrons. The van der Waals surface area contributed by atoms with Crippen LogP contribution in [0.5, 0.6) is 5.75 Å². The van der Waals surface area contributed by atoms with E-state index in [2.05, 4.69) is 5.32 Å². The third kappa shape index (κ3) is 4.82. The quantitative estimate of drug-likeness (QED) is 0.473. The Morgan fingerprint density at radius 1 is 0.846 bits per heavy atom. The predicted octanol–water partition coefficient (Wildman–Crippen LogP) is 6.98. The largest absolute Gasteiger partial charge is 0.487 e. The highest BCUT2D eigenvalue weighted by atomic mass is 35.5. The Kier molecular flexibility index (Phi) is 6.25. The smallest absolute Gasteiger partial charge is 0.141 e. The number of hydrogen-bond donors (Lipinski definition) is 1. The lowest BCUT2D eigenvalue weighted by atomic mass is 10.2. The molecule has 0 aliphatic rings. The highest BCUT2D eigenvalue weighted by Gasteiger charge is 2.06. The molecule has 3 aromatic rings. The highest BCUT2D eigenvalue weighted by Crippen LogP contribution is 2.28. The zero-order valence-electron chi connectivity index (χ0n) is 13.6. The second kappa shape index (κ2) is 8.63. The van der Waals surface area contributed by atoms with Crippen molar-refractivity contribution in [1.82, 2.24) is 0 Å². The minimum atomic E-state index is -0.444. The van der Waals surface area contributed by atoms with Crippen molar-refractivity contribution in [1.29, 1.82) is 0 Å². The maximum Gasteiger partial charge on any atom is 0.141 e. The lowest BCUT2D eigenvalue weighted by Gasteiger charge is -2.12. The molecule has 0 spiro atoms. The van der Waals surface area contributed by atoms with Gasteiger partial charge in [-0.3, -0.25) is 0 Å². The van der Waals surface area contributed by atoms with Gasteiger partial charge in [-0.1, -0.05) is 59.1 Å². The van der Waals surface area contributed by atoms with Crippen LogP contribution >= 0.6 is 34.8 Å². The Labute approximate surface area is 166 Å². The number of benzene rings is 3. The van der Waals surface area contributed by atoms with Gasteiger partial charge in [0, 0.05) is 22.8 Å². The first-order chi connectivity index (χ1) is 12.5. The number of nitrogens with one attached hydrogen (secondary N) is 1. The molecule has 0 radical (unpaired) electrons. The fraction of sp³-hybridized carbons (Fsp3) is 0.100. The summed E-state index contributed by atoms with van der Waals surface area (Å²) < 4.78 is 18.9. The van der Waals surface area contributed by atoms with Gasteiger partial charge in [-0.25, -0.2) is 4.39 Å². The van der Waals surface area contributed by atoms with Crippen molar-refractivity contribution in [2.45, 2.75) is 13.2 Å². The van der Waals surface area contributed by atoms with Gasteiger partial charge >= 0.3 is 0 Å². The summed E-state index contributed by atoms with van der Waals surface area (Å²) in [6.45, 7) is 0.859. The first-order valence-electron chi connectivity index (χ1n) is 7.86. The summed E-state index contributed by atoms with van der Waals surface area (Å²) in [7, 11) is 0. The summed E-state index contributed by atoms with van der Waals surface area (Å²) in [4.78, 5) is 0. The van der Waals surface area contributed by atoms with Crippen LogP contribution in [0.2, 0.25) is 15.1 Å². The first-order valence-corrected chi connectivity index (χ1v) is 9.00. The van der Waals surface area contributed by atoms with Crippen LogP contribution in [0.4, 0.5) is 10.1 Å². The third-order valence-electron chi connectivity index (χ3n) is 3.75. The molecule has 6 heteroatoms. The van der Waals surface area contributed by atoms with Gasteiger partial charge in [0.2, 0.25) is 0 Å². The Bertz CT molecular complexity index is 917. The number of hydrogen-bond acceptors (Lipinski definition) is 2. The van der Waals surface area contributed by atoms with Crippen molar-refractivity contribution in [3.63, 3.8) is 0 Å². The minimum absolute atomic E-state index is 0.0800. The molecule has 3 aromatic carbocycles. The molecule has 0 aromatic heterocycles. The Morgan fingerprint density at radius 2 is 1.65 bits per heavy atom.